The molecule has 2 aromatic carbocycles. The van der Waals surface area contributed by atoms with Crippen molar-refractivity contribution in [1.82, 2.24) is 30.8 Å². The van der Waals surface area contributed by atoms with Crippen molar-refractivity contribution >= 4 is 0 Å². The molecule has 7 nitrogen and oxygen atoms in total. The fourth-order valence-corrected chi connectivity index (χ4v) is 4.79. The number of hydrogen-bond acceptors (Lipinski definition) is 6. The van der Waals surface area contributed by atoms with Crippen molar-refractivity contribution in [3.05, 3.63) is 66.0 Å². The lowest BCUT2D eigenvalue weighted by Gasteiger charge is -2.34. The van der Waals surface area contributed by atoms with Gasteiger partial charge in [-0.2, -0.15) is 0 Å². The largest absolute Gasteiger partial charge is 0.490 e. The fourth-order valence-electron chi connectivity index (χ4n) is 4.79. The van der Waals surface area contributed by atoms with E-state index in [-0.39, 0.29) is 0 Å². The molecule has 3 aromatic rings. The molecule has 2 aliphatic rings. The zero-order valence-electron chi connectivity index (χ0n) is 17.8. The summed E-state index contributed by atoms with van der Waals surface area (Å²) in [5.74, 6) is 0.969. The van der Waals surface area contributed by atoms with Crippen molar-refractivity contribution in [3.63, 3.8) is 0 Å². The third-order valence-corrected chi connectivity index (χ3v) is 6.43. The molecule has 2 atom stereocenters. The molecule has 31 heavy (non-hydrogen) atoms. The molecule has 5 rings (SSSR count). The molecule has 1 saturated carbocycles. The van der Waals surface area contributed by atoms with Gasteiger partial charge in [0.1, 0.15) is 12.1 Å². The molecule has 2 fully saturated rings. The molecule has 0 unspecified atom stereocenters. The van der Waals surface area contributed by atoms with E-state index in [0.29, 0.717) is 18.2 Å². The molecule has 2 N–H and O–H groups in total. The number of benzene rings is 2. The first-order valence-electron chi connectivity index (χ1n) is 11.4. The number of nitrogens with zero attached hydrogens (tertiary/aromatic N) is 4. The average Bonchev–Trinajstić information content (AvgIpc) is 3.54. The molecule has 1 aliphatic heterocycles. The van der Waals surface area contributed by atoms with Gasteiger partial charge >= 0.3 is 0 Å². The van der Waals surface area contributed by atoms with E-state index in [4.69, 9.17) is 4.74 Å². The van der Waals surface area contributed by atoms with Crippen LogP contribution in [0.5, 0.6) is 5.75 Å². The Balaban J connectivity index is 1.36. The van der Waals surface area contributed by atoms with Crippen LogP contribution < -0.4 is 15.4 Å². The summed E-state index contributed by atoms with van der Waals surface area (Å²) in [5, 5.41) is 19.1. The summed E-state index contributed by atoms with van der Waals surface area (Å²) in [5.41, 5.74) is 3.43. The van der Waals surface area contributed by atoms with E-state index in [1.807, 2.05) is 6.07 Å². The van der Waals surface area contributed by atoms with Crippen molar-refractivity contribution in [2.24, 2.45) is 0 Å². The second kappa shape index (κ2) is 9.58. The molecule has 0 amide bonds. The Kier molecular flexibility index (Phi) is 6.22. The van der Waals surface area contributed by atoms with E-state index in [9.17, 15) is 0 Å². The van der Waals surface area contributed by atoms with Gasteiger partial charge in [-0.1, -0.05) is 30.3 Å². The fraction of sp³-hybridized carbons (Fsp3) is 0.458. The zero-order valence-corrected chi connectivity index (χ0v) is 17.8. The van der Waals surface area contributed by atoms with Crippen molar-refractivity contribution in [2.45, 2.75) is 63.3 Å². The molecule has 0 spiro atoms. The molecular weight excluding hydrogens is 388 g/mol. The number of rotatable bonds is 7. The Labute approximate surface area is 183 Å². The molecule has 0 radical (unpaired) electrons. The van der Waals surface area contributed by atoms with Gasteiger partial charge in [-0.15, -0.1) is 5.10 Å². The topological polar surface area (TPSA) is 76.9 Å². The van der Waals surface area contributed by atoms with Gasteiger partial charge in [0.05, 0.1) is 11.8 Å². The maximum atomic E-state index is 6.41. The molecule has 7 heteroatoms. The van der Waals surface area contributed by atoms with E-state index >= 15 is 0 Å². The average molecular weight is 419 g/mol. The Morgan fingerprint density at radius 2 is 1.90 bits per heavy atom. The maximum absolute atomic E-state index is 6.41. The minimum atomic E-state index is 0.317. The summed E-state index contributed by atoms with van der Waals surface area (Å²) in [6.45, 7) is 1.80. The number of nitrogens with one attached hydrogen (secondary N) is 2. The first-order chi connectivity index (χ1) is 15.4. The van der Waals surface area contributed by atoms with Crippen LogP contribution in [0, 0.1) is 0 Å². The molecule has 162 valence electrons. The van der Waals surface area contributed by atoms with Crippen molar-refractivity contribution in [2.75, 3.05) is 6.54 Å². The summed E-state index contributed by atoms with van der Waals surface area (Å²) in [4.78, 5) is 0. The first kappa shape index (κ1) is 20.2. The van der Waals surface area contributed by atoms with Gasteiger partial charge in [-0.3, -0.25) is 0 Å². The van der Waals surface area contributed by atoms with Gasteiger partial charge in [0.2, 0.25) is 0 Å². The van der Waals surface area contributed by atoms with Crippen LogP contribution in [0.25, 0.3) is 5.69 Å². The SMILES string of the molecule is c1ccc([C@@H]2NCCC[C@@H]2NCc2cc(-n3cnnn3)ccc2OC2CCCC2)cc1. The highest BCUT2D eigenvalue weighted by Gasteiger charge is 2.26. The van der Waals surface area contributed by atoms with Crippen LogP contribution in [0.3, 0.4) is 0 Å². The van der Waals surface area contributed by atoms with E-state index < -0.39 is 0 Å². The lowest BCUT2D eigenvalue weighted by molar-refractivity contribution is 0.206. The summed E-state index contributed by atoms with van der Waals surface area (Å²) in [7, 11) is 0. The highest BCUT2D eigenvalue weighted by atomic mass is 16.5. The highest BCUT2D eigenvalue weighted by molar-refractivity contribution is 5.44. The minimum Gasteiger partial charge on any atom is -0.490 e. The molecule has 1 aliphatic carbocycles. The second-order valence-electron chi connectivity index (χ2n) is 8.54. The lowest BCUT2D eigenvalue weighted by Crippen LogP contribution is -2.45. The van der Waals surface area contributed by atoms with Crippen LogP contribution in [0.15, 0.2) is 54.9 Å². The van der Waals surface area contributed by atoms with Crippen molar-refractivity contribution in [3.8, 4) is 11.4 Å². The second-order valence-corrected chi connectivity index (χ2v) is 8.54. The Morgan fingerprint density at radius 3 is 2.71 bits per heavy atom. The zero-order chi connectivity index (χ0) is 20.9. The Bertz CT molecular complexity index is 955. The van der Waals surface area contributed by atoms with E-state index in [1.54, 1.807) is 11.0 Å². The standard InChI is InChI=1S/C24H30N6O/c1-2-7-18(8-3-1)24-22(11-6-14-25-24)26-16-19-15-20(30-17-27-28-29-30)12-13-23(19)31-21-9-4-5-10-21/h1-3,7-8,12-13,15,17,21-22,24-26H,4-6,9-11,14,16H2/t22-,24-/m0/s1. The van der Waals surface area contributed by atoms with Gasteiger partial charge in [-0.05, 0) is 79.3 Å². The van der Waals surface area contributed by atoms with Crippen LogP contribution in [0.4, 0.5) is 0 Å². The number of piperidine rings is 1. The number of tetrazole rings is 1. The number of aromatic nitrogens is 4. The van der Waals surface area contributed by atoms with Crippen LogP contribution in [-0.4, -0.2) is 38.9 Å². The van der Waals surface area contributed by atoms with E-state index in [2.05, 4.69) is 68.6 Å². The van der Waals surface area contributed by atoms with Gasteiger partial charge in [0.25, 0.3) is 0 Å². The van der Waals surface area contributed by atoms with E-state index in [1.165, 1.54) is 24.8 Å². The lowest BCUT2D eigenvalue weighted by atomic mass is 9.92. The third kappa shape index (κ3) is 4.78. The molecule has 1 saturated heterocycles. The van der Waals surface area contributed by atoms with Crippen LogP contribution in [0.1, 0.15) is 55.7 Å². The number of hydrogen-bond donors (Lipinski definition) is 2. The van der Waals surface area contributed by atoms with Crippen LogP contribution in [-0.2, 0) is 6.54 Å². The normalized spacial score (nSPS) is 21.9. The van der Waals surface area contributed by atoms with Crippen LogP contribution in [0.2, 0.25) is 0 Å². The molecule has 2 heterocycles. The van der Waals surface area contributed by atoms with Crippen molar-refractivity contribution in [1.29, 1.82) is 0 Å². The van der Waals surface area contributed by atoms with Gasteiger partial charge < -0.3 is 15.4 Å². The highest BCUT2D eigenvalue weighted by Crippen LogP contribution is 2.29. The van der Waals surface area contributed by atoms with Gasteiger partial charge in [0.15, 0.2) is 0 Å². The number of ether oxygens (including phenoxy) is 1. The predicted octanol–water partition coefficient (Wildman–Crippen LogP) is 3.57. The van der Waals surface area contributed by atoms with Gasteiger partial charge in [0, 0.05) is 24.2 Å². The third-order valence-electron chi connectivity index (χ3n) is 6.43. The Hall–Kier alpha value is -2.77. The summed E-state index contributed by atoms with van der Waals surface area (Å²) in [6.07, 6.45) is 9.08. The molecule has 0 bridgehead atoms. The first-order valence-corrected chi connectivity index (χ1v) is 11.4. The Morgan fingerprint density at radius 1 is 1.03 bits per heavy atom. The maximum Gasteiger partial charge on any atom is 0.143 e. The van der Waals surface area contributed by atoms with E-state index in [0.717, 1.165) is 49.4 Å². The summed E-state index contributed by atoms with van der Waals surface area (Å²) >= 11 is 0. The van der Waals surface area contributed by atoms with Crippen LogP contribution >= 0.6 is 0 Å². The minimum absolute atomic E-state index is 0.317. The smallest absolute Gasteiger partial charge is 0.143 e. The van der Waals surface area contributed by atoms with Gasteiger partial charge in [-0.25, -0.2) is 4.68 Å². The van der Waals surface area contributed by atoms with Crippen molar-refractivity contribution < 1.29 is 4.74 Å². The monoisotopic (exact) mass is 418 g/mol. The molecule has 1 aromatic heterocycles. The summed E-state index contributed by atoms with van der Waals surface area (Å²) in [6, 6.07) is 17.7. The predicted molar refractivity (Wildman–Crippen MR) is 119 cm³/mol. The molecular formula is C24H30N6O. The summed E-state index contributed by atoms with van der Waals surface area (Å²) < 4.78 is 8.11. The quantitative estimate of drug-likeness (QED) is 0.611.